The summed E-state index contributed by atoms with van der Waals surface area (Å²) in [6.07, 6.45) is 1.05. The van der Waals surface area contributed by atoms with E-state index in [9.17, 15) is 14.7 Å². The van der Waals surface area contributed by atoms with Gasteiger partial charge in [0.15, 0.2) is 0 Å². The number of hydrogen-bond donors (Lipinski definition) is 1. The molecule has 118 valence electrons. The smallest absolute Gasteiger partial charge is 0.338 e. The fourth-order valence-electron chi connectivity index (χ4n) is 1.87. The third kappa shape index (κ3) is 4.71. The Bertz CT molecular complexity index is 686. The van der Waals surface area contributed by atoms with Crippen LogP contribution in [0.3, 0.4) is 0 Å². The minimum absolute atomic E-state index is 0.0117. The summed E-state index contributed by atoms with van der Waals surface area (Å²) in [4.78, 5) is 22.7. The van der Waals surface area contributed by atoms with Crippen molar-refractivity contribution < 1.29 is 24.2 Å². The lowest BCUT2D eigenvalue weighted by Crippen LogP contribution is -2.12. The number of carbonyl (C=O) groups excluding carboxylic acids is 2. The number of benzene rings is 2. The molecular weight excluding hydrogens is 296 g/mol. The van der Waals surface area contributed by atoms with Gasteiger partial charge in [0.25, 0.3) is 0 Å². The molecule has 0 aliphatic carbocycles. The SMILES string of the molecule is C=CC(=O)OCCOC(=O)c1ccc(-c2ccc(O)cc2)cc1. The summed E-state index contributed by atoms with van der Waals surface area (Å²) >= 11 is 0. The van der Waals surface area contributed by atoms with Crippen molar-refractivity contribution in [2.45, 2.75) is 0 Å². The van der Waals surface area contributed by atoms with Gasteiger partial charge in [-0.15, -0.1) is 0 Å². The van der Waals surface area contributed by atoms with Gasteiger partial charge in [0.2, 0.25) is 0 Å². The molecule has 0 fully saturated rings. The van der Waals surface area contributed by atoms with Crippen LogP contribution in [0.4, 0.5) is 0 Å². The van der Waals surface area contributed by atoms with Crippen molar-refractivity contribution in [1.29, 1.82) is 0 Å². The molecule has 23 heavy (non-hydrogen) atoms. The molecule has 0 radical (unpaired) electrons. The summed E-state index contributed by atoms with van der Waals surface area (Å²) in [5, 5.41) is 9.28. The highest BCUT2D eigenvalue weighted by atomic mass is 16.6. The fraction of sp³-hybridized carbons (Fsp3) is 0.111. The maximum atomic E-state index is 11.8. The number of esters is 2. The Labute approximate surface area is 133 Å². The molecule has 0 atom stereocenters. The van der Waals surface area contributed by atoms with E-state index in [4.69, 9.17) is 9.47 Å². The van der Waals surface area contributed by atoms with E-state index in [0.717, 1.165) is 17.2 Å². The molecule has 0 amide bonds. The molecule has 2 rings (SSSR count). The van der Waals surface area contributed by atoms with Crippen LogP contribution in [0.15, 0.2) is 61.2 Å². The molecule has 5 nitrogen and oxygen atoms in total. The quantitative estimate of drug-likeness (QED) is 0.504. The first-order chi connectivity index (χ1) is 11.1. The minimum Gasteiger partial charge on any atom is -0.508 e. The monoisotopic (exact) mass is 312 g/mol. The lowest BCUT2D eigenvalue weighted by atomic mass is 10.0. The van der Waals surface area contributed by atoms with Crippen molar-refractivity contribution in [3.05, 3.63) is 66.7 Å². The number of phenols is 1. The van der Waals surface area contributed by atoms with Crippen LogP contribution in [-0.2, 0) is 14.3 Å². The van der Waals surface area contributed by atoms with Crippen LogP contribution in [0.25, 0.3) is 11.1 Å². The second kappa shape index (κ2) is 7.79. The van der Waals surface area contributed by atoms with Gasteiger partial charge in [-0.05, 0) is 35.4 Å². The summed E-state index contributed by atoms with van der Waals surface area (Å²) in [5.41, 5.74) is 2.25. The van der Waals surface area contributed by atoms with Crippen LogP contribution in [0, 0.1) is 0 Å². The van der Waals surface area contributed by atoms with Crippen molar-refractivity contribution in [1.82, 2.24) is 0 Å². The summed E-state index contributed by atoms with van der Waals surface area (Å²) in [6, 6.07) is 13.7. The van der Waals surface area contributed by atoms with Crippen LogP contribution in [0.1, 0.15) is 10.4 Å². The summed E-state index contributed by atoms with van der Waals surface area (Å²) < 4.78 is 9.71. The lowest BCUT2D eigenvalue weighted by molar-refractivity contribution is -0.138. The average molecular weight is 312 g/mol. The molecule has 0 aromatic heterocycles. The van der Waals surface area contributed by atoms with Crippen LogP contribution in [0.2, 0.25) is 0 Å². The third-order valence-corrected chi connectivity index (χ3v) is 3.05. The zero-order chi connectivity index (χ0) is 16.7. The van der Waals surface area contributed by atoms with E-state index >= 15 is 0 Å². The molecule has 0 aliphatic rings. The van der Waals surface area contributed by atoms with E-state index < -0.39 is 11.9 Å². The maximum absolute atomic E-state index is 11.8. The fourth-order valence-corrected chi connectivity index (χ4v) is 1.87. The van der Waals surface area contributed by atoms with Crippen molar-refractivity contribution in [2.75, 3.05) is 13.2 Å². The Morgan fingerprint density at radius 2 is 1.43 bits per heavy atom. The zero-order valence-electron chi connectivity index (χ0n) is 12.4. The van der Waals surface area contributed by atoms with Gasteiger partial charge < -0.3 is 14.6 Å². The van der Waals surface area contributed by atoms with Gasteiger partial charge in [0, 0.05) is 6.08 Å². The van der Waals surface area contributed by atoms with Crippen molar-refractivity contribution in [3.63, 3.8) is 0 Å². The van der Waals surface area contributed by atoms with Crippen LogP contribution in [-0.4, -0.2) is 30.3 Å². The standard InChI is InChI=1S/C18H16O5/c1-2-17(20)22-11-12-23-18(21)15-5-3-13(4-6-15)14-7-9-16(19)10-8-14/h2-10,19H,1,11-12H2. The predicted octanol–water partition coefficient (Wildman–Crippen LogP) is 2.95. The highest BCUT2D eigenvalue weighted by Gasteiger charge is 2.08. The van der Waals surface area contributed by atoms with Crippen molar-refractivity contribution >= 4 is 11.9 Å². The molecule has 0 spiro atoms. The number of rotatable bonds is 6. The van der Waals surface area contributed by atoms with Gasteiger partial charge in [-0.2, -0.15) is 0 Å². The van der Waals surface area contributed by atoms with E-state index in [0.29, 0.717) is 5.56 Å². The minimum atomic E-state index is -0.556. The first kappa shape index (κ1) is 16.3. The summed E-state index contributed by atoms with van der Waals surface area (Å²) in [6.45, 7) is 3.24. The summed E-state index contributed by atoms with van der Waals surface area (Å²) in [5.74, 6) is -0.845. The largest absolute Gasteiger partial charge is 0.508 e. The normalized spacial score (nSPS) is 9.91. The molecule has 0 aliphatic heterocycles. The highest BCUT2D eigenvalue weighted by Crippen LogP contribution is 2.22. The van der Waals surface area contributed by atoms with Gasteiger partial charge in [-0.3, -0.25) is 0 Å². The number of hydrogen-bond acceptors (Lipinski definition) is 5. The third-order valence-electron chi connectivity index (χ3n) is 3.05. The molecule has 0 unspecified atom stereocenters. The molecule has 0 saturated carbocycles. The van der Waals surface area contributed by atoms with Crippen molar-refractivity contribution in [2.24, 2.45) is 0 Å². The average Bonchev–Trinajstić information content (AvgIpc) is 2.59. The zero-order valence-corrected chi connectivity index (χ0v) is 12.4. The van der Waals surface area contributed by atoms with E-state index in [1.807, 2.05) is 0 Å². The molecule has 0 saturated heterocycles. The second-order valence-corrected chi connectivity index (χ2v) is 4.63. The number of aromatic hydroxyl groups is 1. The van der Waals surface area contributed by atoms with Gasteiger partial charge in [-0.25, -0.2) is 9.59 Å². The Hall–Kier alpha value is -3.08. The number of carbonyl (C=O) groups is 2. The molecule has 0 heterocycles. The Morgan fingerprint density at radius 3 is 2.00 bits per heavy atom. The van der Waals surface area contributed by atoms with Crippen LogP contribution in [0.5, 0.6) is 5.75 Å². The van der Waals surface area contributed by atoms with Gasteiger partial charge in [0.05, 0.1) is 5.56 Å². The molecule has 5 heteroatoms. The van der Waals surface area contributed by atoms with Gasteiger partial charge in [-0.1, -0.05) is 30.8 Å². The molecule has 0 bridgehead atoms. The van der Waals surface area contributed by atoms with E-state index in [2.05, 4.69) is 6.58 Å². The Kier molecular flexibility index (Phi) is 5.52. The molecule has 2 aromatic rings. The first-order valence-electron chi connectivity index (χ1n) is 6.96. The summed E-state index contributed by atoms with van der Waals surface area (Å²) in [7, 11) is 0. The Balaban J connectivity index is 1.91. The highest BCUT2D eigenvalue weighted by molar-refractivity contribution is 5.90. The van der Waals surface area contributed by atoms with E-state index in [1.54, 1.807) is 48.5 Å². The first-order valence-corrected chi connectivity index (χ1v) is 6.96. The topological polar surface area (TPSA) is 72.8 Å². The molecular formula is C18H16O5. The van der Waals surface area contributed by atoms with Crippen molar-refractivity contribution in [3.8, 4) is 16.9 Å². The van der Waals surface area contributed by atoms with E-state index in [1.165, 1.54) is 0 Å². The van der Waals surface area contributed by atoms with Gasteiger partial charge >= 0.3 is 11.9 Å². The number of ether oxygens (including phenoxy) is 2. The van der Waals surface area contributed by atoms with Gasteiger partial charge in [0.1, 0.15) is 19.0 Å². The maximum Gasteiger partial charge on any atom is 0.338 e. The molecule has 2 aromatic carbocycles. The second-order valence-electron chi connectivity index (χ2n) is 4.63. The predicted molar refractivity (Wildman–Crippen MR) is 85.0 cm³/mol. The molecule has 1 N–H and O–H groups in total. The lowest BCUT2D eigenvalue weighted by Gasteiger charge is -2.06. The van der Waals surface area contributed by atoms with Crippen LogP contribution >= 0.6 is 0 Å². The van der Waals surface area contributed by atoms with E-state index in [-0.39, 0.29) is 19.0 Å². The Morgan fingerprint density at radius 1 is 0.913 bits per heavy atom. The van der Waals surface area contributed by atoms with Crippen LogP contribution < -0.4 is 0 Å². The number of phenolic OH excluding ortho intramolecular Hbond substituents is 1.